The van der Waals surface area contributed by atoms with Gasteiger partial charge in [0.1, 0.15) is 23.7 Å². The molecule has 366 valence electrons. The molecule has 2 aromatic carbocycles. The number of hydrogen-bond acceptors (Lipinski definition) is 9. The summed E-state index contributed by atoms with van der Waals surface area (Å²) in [6.45, 7) is 6.24. The van der Waals surface area contributed by atoms with Gasteiger partial charge in [-0.3, -0.25) is 0 Å². The van der Waals surface area contributed by atoms with Gasteiger partial charge in [-0.25, -0.2) is 9.55 Å². The highest BCUT2D eigenvalue weighted by atomic mass is 35.5. The zero-order valence-electron chi connectivity index (χ0n) is 38.3. The molecule has 8 heterocycles. The van der Waals surface area contributed by atoms with E-state index < -0.39 is 23.5 Å². The maximum absolute atomic E-state index is 12.7. The van der Waals surface area contributed by atoms with E-state index in [1.165, 1.54) is 42.5 Å². The lowest BCUT2D eigenvalue weighted by molar-refractivity contribution is -0.599. The second kappa shape index (κ2) is 22.5. The third-order valence-electron chi connectivity index (χ3n) is 13.3. The maximum Gasteiger partial charge on any atom is 0.420 e. The van der Waals surface area contributed by atoms with E-state index in [4.69, 9.17) is 14.3 Å². The Bertz CT molecular complexity index is 2290. The number of hydrogen-bond donors (Lipinski definition) is 1. The summed E-state index contributed by atoms with van der Waals surface area (Å²) in [5.74, 6) is 2.49. The first-order chi connectivity index (χ1) is 32.1. The molecule has 5 saturated heterocycles. The van der Waals surface area contributed by atoms with Crippen molar-refractivity contribution in [3.63, 3.8) is 0 Å². The molecule has 0 amide bonds. The van der Waals surface area contributed by atoms with E-state index in [0.29, 0.717) is 17.9 Å². The molecule has 5 fully saturated rings. The zero-order valence-corrected chi connectivity index (χ0v) is 39.0. The van der Waals surface area contributed by atoms with Gasteiger partial charge in [-0.1, -0.05) is 48.2 Å². The summed E-state index contributed by atoms with van der Waals surface area (Å²) < 4.78 is 89.5. The number of alkyl halides is 6. The number of pyridine rings is 3. The van der Waals surface area contributed by atoms with Crippen molar-refractivity contribution in [2.75, 3.05) is 18.0 Å². The van der Waals surface area contributed by atoms with E-state index in [2.05, 4.69) is 33.9 Å². The standard InChI is InChI=1S/C21H23F3N2O2.C15H15F3N3.C15H21NO2.ClH/c1-14-5-8-18(9-6-14)27-19-11-16-3-2-4-17(12-19)26(16)28-20-10-7-15(13-25-20)21(22,23)24;16-15(17,18)12-3-4-14(19-11-12)21-9-5-13(6-10-21)20-7-1-2-8-20;1-11-5-7-14(8-6-11)18-15-9-12-3-2-4-13(10-15)16(12)17;/h5-10,13,16-17,19H,2-4,11-12H2,1H3;3-6,9-11H,1-2,7-8H2;5-8,12-13,15,17H,2-4,9-10H2,1H3;1H/q;+1;;/p-1/t16-,17+,19?;;12-,13+,15?;. The van der Waals surface area contributed by atoms with Crippen LogP contribution in [0.1, 0.15) is 99.3 Å². The third-order valence-corrected chi connectivity index (χ3v) is 13.3. The zero-order chi connectivity index (χ0) is 47.1. The fourth-order valence-electron chi connectivity index (χ4n) is 9.73. The largest absolute Gasteiger partial charge is 1.00 e. The Kier molecular flexibility index (Phi) is 16.8. The Hall–Kier alpha value is -5.16. The molecule has 0 radical (unpaired) electrons. The Morgan fingerprint density at radius 2 is 1.03 bits per heavy atom. The lowest BCUT2D eigenvalue weighted by Crippen LogP contribution is -3.00. The first kappa shape index (κ1) is 50.7. The van der Waals surface area contributed by atoms with Gasteiger partial charge in [0, 0.05) is 99.1 Å². The molecule has 3 aromatic heterocycles. The van der Waals surface area contributed by atoms with Crippen molar-refractivity contribution in [3.05, 3.63) is 132 Å². The second-order valence-electron chi connectivity index (χ2n) is 18.3. The quantitative estimate of drug-likeness (QED) is 0.122. The summed E-state index contributed by atoms with van der Waals surface area (Å²) in [5, 5.41) is 13.5. The Morgan fingerprint density at radius 3 is 1.47 bits per heavy atom. The minimum atomic E-state index is -4.40. The van der Waals surface area contributed by atoms with Gasteiger partial charge < -0.3 is 36.8 Å². The molecule has 10 nitrogen and oxygen atoms in total. The van der Waals surface area contributed by atoms with Crippen LogP contribution in [0.15, 0.2) is 110 Å². The number of nitrogens with zero attached hydrogens (tertiary/aromatic N) is 6. The van der Waals surface area contributed by atoms with Gasteiger partial charge in [-0.2, -0.15) is 31.4 Å². The lowest BCUT2D eigenvalue weighted by Gasteiger charge is -2.46. The van der Waals surface area contributed by atoms with Crippen molar-refractivity contribution < 1.29 is 62.8 Å². The Morgan fingerprint density at radius 1 is 0.574 bits per heavy atom. The number of piperidine rings is 4. The highest BCUT2D eigenvalue weighted by Gasteiger charge is 2.42. The van der Waals surface area contributed by atoms with E-state index in [-0.39, 0.29) is 42.6 Å². The normalized spacial score (nSPS) is 23.8. The Balaban J connectivity index is 0.000000154. The van der Waals surface area contributed by atoms with E-state index in [0.717, 1.165) is 113 Å². The average Bonchev–Trinajstić information content (AvgIpc) is 3.85. The molecule has 5 aliphatic rings. The van der Waals surface area contributed by atoms with Gasteiger partial charge in [0.25, 0.3) is 0 Å². The molecule has 68 heavy (non-hydrogen) atoms. The van der Waals surface area contributed by atoms with Gasteiger partial charge in [-0.05, 0) is 93.8 Å². The molecule has 0 saturated carbocycles. The molecule has 17 heteroatoms. The lowest BCUT2D eigenvalue weighted by atomic mass is 9.84. The topological polar surface area (TPSA) is 87.3 Å². The van der Waals surface area contributed by atoms with Gasteiger partial charge in [0.2, 0.25) is 5.88 Å². The minimum Gasteiger partial charge on any atom is -1.00 e. The van der Waals surface area contributed by atoms with Gasteiger partial charge >= 0.3 is 18.2 Å². The molecule has 0 aliphatic carbocycles. The van der Waals surface area contributed by atoms with Crippen molar-refractivity contribution in [1.29, 1.82) is 0 Å². The van der Waals surface area contributed by atoms with Crippen molar-refractivity contribution >= 4 is 5.69 Å². The molecular formula is C51H59ClF6N6O4. The molecule has 4 bridgehead atoms. The van der Waals surface area contributed by atoms with Crippen molar-refractivity contribution in [1.82, 2.24) is 20.1 Å². The fraction of sp³-hybridized carbons (Fsp3) is 0.471. The molecular weight excluding hydrogens is 910 g/mol. The van der Waals surface area contributed by atoms with Crippen LogP contribution in [0.25, 0.3) is 5.82 Å². The van der Waals surface area contributed by atoms with Crippen LogP contribution >= 0.6 is 0 Å². The number of halogens is 7. The molecule has 2 unspecified atom stereocenters. The van der Waals surface area contributed by atoms with E-state index in [1.807, 2.05) is 72.9 Å². The average molecular weight is 970 g/mol. The maximum atomic E-state index is 12.7. The van der Waals surface area contributed by atoms with Crippen LogP contribution in [0, 0.1) is 13.8 Å². The number of hydroxylamine groups is 4. The fourth-order valence-corrected chi connectivity index (χ4v) is 9.73. The number of rotatable bonds is 8. The van der Waals surface area contributed by atoms with Crippen molar-refractivity contribution in [2.45, 2.75) is 140 Å². The number of ether oxygens (including phenoxy) is 2. The van der Waals surface area contributed by atoms with Crippen molar-refractivity contribution in [2.24, 2.45) is 0 Å². The monoisotopic (exact) mass is 968 g/mol. The summed E-state index contributed by atoms with van der Waals surface area (Å²) in [5.41, 5.74) is 2.07. The number of aromatic nitrogens is 3. The molecule has 10 rings (SSSR count). The van der Waals surface area contributed by atoms with Crippen LogP contribution in [0.5, 0.6) is 17.4 Å². The van der Waals surface area contributed by atoms with Crippen LogP contribution in [0.2, 0.25) is 0 Å². The first-order valence-corrected chi connectivity index (χ1v) is 23.4. The van der Waals surface area contributed by atoms with Crippen molar-refractivity contribution in [3.8, 4) is 23.2 Å². The SMILES string of the molecule is Cc1ccc(OC2C[C@H]3CCC[C@@H](C2)N3O)cc1.Cc1ccc(OC2C[C@H]3CCC[C@@H](C2)N3Oc2ccc(C(F)(F)F)cn2)cc1.FC(F)(F)c1ccc(-[n+]2ccc(N3CCCC3)cc2)nc1.[Cl-]. The van der Waals surface area contributed by atoms with Gasteiger partial charge in [0.15, 0.2) is 6.20 Å². The molecule has 5 aromatic rings. The number of fused-ring (bicyclic) bond motifs is 4. The van der Waals surface area contributed by atoms with E-state index in [9.17, 15) is 31.5 Å². The smallest absolute Gasteiger partial charge is 0.420 e. The summed E-state index contributed by atoms with van der Waals surface area (Å²) in [7, 11) is 0. The van der Waals surface area contributed by atoms with Crippen LogP contribution in [-0.4, -0.2) is 74.8 Å². The third kappa shape index (κ3) is 13.3. The number of benzene rings is 2. The first-order valence-electron chi connectivity index (χ1n) is 23.4. The van der Waals surface area contributed by atoms with E-state index >= 15 is 0 Å². The number of anilines is 1. The highest BCUT2D eigenvalue weighted by Crippen LogP contribution is 2.38. The summed E-state index contributed by atoms with van der Waals surface area (Å²) in [4.78, 5) is 15.9. The highest BCUT2D eigenvalue weighted by molar-refractivity contribution is 5.44. The van der Waals surface area contributed by atoms with Gasteiger partial charge in [0.05, 0.1) is 23.5 Å². The van der Waals surface area contributed by atoms with Crippen LogP contribution in [-0.2, 0) is 12.4 Å². The predicted molar refractivity (Wildman–Crippen MR) is 240 cm³/mol. The predicted octanol–water partition coefficient (Wildman–Crippen LogP) is 8.30. The molecule has 0 spiro atoms. The molecule has 6 atom stereocenters. The number of aryl methyl sites for hydroxylation is 2. The van der Waals surface area contributed by atoms with Crippen LogP contribution < -0.4 is 36.2 Å². The molecule has 1 N–H and O–H groups in total. The second-order valence-corrected chi connectivity index (χ2v) is 18.3. The van der Waals surface area contributed by atoms with E-state index in [1.54, 1.807) is 9.63 Å². The summed E-state index contributed by atoms with van der Waals surface area (Å²) >= 11 is 0. The Labute approximate surface area is 400 Å². The minimum absolute atomic E-state index is 0. The molecule has 5 aliphatic heterocycles. The summed E-state index contributed by atoms with van der Waals surface area (Å²) in [6.07, 6.45) is 9.39. The van der Waals surface area contributed by atoms with Crippen LogP contribution in [0.4, 0.5) is 32.0 Å². The summed E-state index contributed by atoms with van der Waals surface area (Å²) in [6, 6.07) is 25.9. The van der Waals surface area contributed by atoms with Gasteiger partial charge in [-0.15, -0.1) is 5.06 Å². The van der Waals surface area contributed by atoms with Crippen LogP contribution in [0.3, 0.4) is 0 Å².